The number of carbonyl (C=O) groups excluding carboxylic acids is 2. The van der Waals surface area contributed by atoms with Gasteiger partial charge in [0.2, 0.25) is 11.5 Å². The number of rotatable bonds is 9. The molecule has 1 aliphatic heterocycles. The normalized spacial score (nSPS) is 16.2. The molecule has 0 unspecified atom stereocenters. The van der Waals surface area contributed by atoms with Crippen LogP contribution in [0.4, 0.5) is 0 Å². The maximum Gasteiger partial charge on any atom is 0.290 e. The highest BCUT2D eigenvalue weighted by Crippen LogP contribution is 2.45. The van der Waals surface area contributed by atoms with E-state index in [4.69, 9.17) is 18.6 Å². The molecular formula is C23H28N2O7. The summed E-state index contributed by atoms with van der Waals surface area (Å²) in [6.07, 6.45) is 0. The summed E-state index contributed by atoms with van der Waals surface area (Å²) >= 11 is 0. The van der Waals surface area contributed by atoms with Crippen LogP contribution in [0, 0.1) is 6.92 Å². The Bertz CT molecular complexity index is 1030. The lowest BCUT2D eigenvalue weighted by Gasteiger charge is -2.28. The molecule has 1 aliphatic rings. The van der Waals surface area contributed by atoms with Crippen LogP contribution in [0.5, 0.6) is 17.2 Å². The third-order valence-electron chi connectivity index (χ3n) is 5.30. The molecule has 0 fully saturated rings. The predicted octanol–water partition coefficient (Wildman–Crippen LogP) is 2.75. The van der Waals surface area contributed by atoms with Crippen LogP contribution in [0.3, 0.4) is 0 Å². The molecule has 1 amide bonds. The first-order valence-electron chi connectivity index (χ1n) is 10.0. The second kappa shape index (κ2) is 9.35. The Morgan fingerprint density at radius 1 is 1.12 bits per heavy atom. The molecule has 1 atom stereocenters. The zero-order valence-corrected chi connectivity index (χ0v) is 19.1. The summed E-state index contributed by atoms with van der Waals surface area (Å²) in [5.74, 6) is -0.0717. The van der Waals surface area contributed by atoms with E-state index in [1.165, 1.54) is 32.3 Å². The lowest BCUT2D eigenvalue weighted by Crippen LogP contribution is -2.36. The molecule has 0 spiro atoms. The molecule has 32 heavy (non-hydrogen) atoms. The fraction of sp³-hybridized carbons (Fsp3) is 0.391. The Balaban J connectivity index is 2.18. The Hall–Kier alpha value is -3.46. The first-order valence-corrected chi connectivity index (χ1v) is 10.0. The van der Waals surface area contributed by atoms with E-state index in [2.05, 4.69) is 0 Å². The van der Waals surface area contributed by atoms with Crippen molar-refractivity contribution in [1.29, 1.82) is 0 Å². The van der Waals surface area contributed by atoms with Gasteiger partial charge in [-0.1, -0.05) is 0 Å². The second-order valence-corrected chi connectivity index (χ2v) is 7.66. The molecule has 0 aliphatic carbocycles. The predicted molar refractivity (Wildman–Crippen MR) is 117 cm³/mol. The number of Topliss-reactive ketones (excluding diaryl/α,β-unsaturated/α-hetero) is 1. The summed E-state index contributed by atoms with van der Waals surface area (Å²) in [5, 5.41) is 10.7. The minimum atomic E-state index is -0.867. The van der Waals surface area contributed by atoms with Gasteiger partial charge in [0.15, 0.2) is 23.0 Å². The molecule has 2 aromatic rings. The molecule has 0 bridgehead atoms. The number of aryl methyl sites for hydroxylation is 1. The molecule has 9 nitrogen and oxygen atoms in total. The van der Waals surface area contributed by atoms with Crippen molar-refractivity contribution in [3.8, 4) is 17.2 Å². The standard InChI is InChI=1S/C23H28N2O7/c1-13-7-8-15(32-13)20(26)18-19(25(10-9-24(2)3)23(28)21(18)27)14-11-16(29-4)22(31-6)17(12-14)30-5/h7-8,11-12,19,27H,9-10H2,1-6H3/t19-/m0/s1. The number of hydrogen-bond acceptors (Lipinski definition) is 8. The van der Waals surface area contributed by atoms with Crippen molar-refractivity contribution >= 4 is 11.7 Å². The lowest BCUT2D eigenvalue weighted by atomic mass is 9.94. The van der Waals surface area contributed by atoms with Crippen LogP contribution < -0.4 is 14.2 Å². The van der Waals surface area contributed by atoms with Gasteiger partial charge < -0.3 is 33.5 Å². The SMILES string of the molecule is COc1cc([C@H]2C(C(=O)c3ccc(C)o3)=C(O)C(=O)N2CCN(C)C)cc(OC)c1OC. The van der Waals surface area contributed by atoms with Gasteiger partial charge >= 0.3 is 0 Å². The number of carbonyl (C=O) groups is 2. The number of aliphatic hydroxyl groups is 1. The quantitative estimate of drug-likeness (QED) is 0.589. The van der Waals surface area contributed by atoms with Crippen LogP contribution >= 0.6 is 0 Å². The first-order chi connectivity index (χ1) is 15.2. The number of benzene rings is 1. The third kappa shape index (κ3) is 4.16. The van der Waals surface area contributed by atoms with E-state index in [0.717, 1.165) is 0 Å². The van der Waals surface area contributed by atoms with Crippen molar-refractivity contribution in [2.75, 3.05) is 48.5 Å². The number of hydrogen-bond donors (Lipinski definition) is 1. The van der Waals surface area contributed by atoms with Crippen LogP contribution in [-0.2, 0) is 4.79 Å². The minimum Gasteiger partial charge on any atom is -0.503 e. The minimum absolute atomic E-state index is 0.0451. The van der Waals surface area contributed by atoms with Gasteiger partial charge in [-0.25, -0.2) is 0 Å². The van der Waals surface area contributed by atoms with E-state index in [1.807, 2.05) is 19.0 Å². The third-order valence-corrected chi connectivity index (χ3v) is 5.30. The van der Waals surface area contributed by atoms with Crippen molar-refractivity contribution in [3.05, 3.63) is 52.7 Å². The largest absolute Gasteiger partial charge is 0.503 e. The van der Waals surface area contributed by atoms with Gasteiger partial charge in [-0.3, -0.25) is 9.59 Å². The van der Waals surface area contributed by atoms with Crippen LogP contribution in [-0.4, -0.2) is 75.1 Å². The van der Waals surface area contributed by atoms with E-state index in [0.29, 0.717) is 35.1 Å². The summed E-state index contributed by atoms with van der Waals surface area (Å²) in [4.78, 5) is 29.7. The molecule has 0 radical (unpaired) electrons. The highest BCUT2D eigenvalue weighted by Gasteiger charge is 2.45. The zero-order valence-electron chi connectivity index (χ0n) is 19.1. The number of aliphatic hydroxyl groups excluding tert-OH is 1. The molecule has 1 N–H and O–H groups in total. The number of furan rings is 1. The Labute approximate surface area is 186 Å². The van der Waals surface area contributed by atoms with Gasteiger partial charge in [0.1, 0.15) is 5.76 Å². The molecular weight excluding hydrogens is 416 g/mol. The highest BCUT2D eigenvalue weighted by atomic mass is 16.5. The maximum absolute atomic E-state index is 13.3. The lowest BCUT2D eigenvalue weighted by molar-refractivity contribution is -0.129. The van der Waals surface area contributed by atoms with Crippen molar-refractivity contribution in [2.24, 2.45) is 0 Å². The summed E-state index contributed by atoms with van der Waals surface area (Å²) in [7, 11) is 8.20. The van der Waals surface area contributed by atoms with Crippen LogP contribution in [0.25, 0.3) is 0 Å². The van der Waals surface area contributed by atoms with Gasteiger partial charge in [-0.15, -0.1) is 0 Å². The second-order valence-electron chi connectivity index (χ2n) is 7.66. The van der Waals surface area contributed by atoms with Gasteiger partial charge in [-0.2, -0.15) is 0 Å². The van der Waals surface area contributed by atoms with Crippen molar-refractivity contribution < 1.29 is 33.3 Å². The average Bonchev–Trinajstić information content (AvgIpc) is 3.32. The van der Waals surface area contributed by atoms with E-state index < -0.39 is 23.5 Å². The summed E-state index contributed by atoms with van der Waals surface area (Å²) < 4.78 is 21.8. The monoisotopic (exact) mass is 444 g/mol. The zero-order chi connectivity index (χ0) is 23.6. The van der Waals surface area contributed by atoms with E-state index in [9.17, 15) is 14.7 Å². The van der Waals surface area contributed by atoms with Gasteiger partial charge in [0, 0.05) is 13.1 Å². The number of amides is 1. The van der Waals surface area contributed by atoms with Crippen molar-refractivity contribution in [1.82, 2.24) is 9.80 Å². The molecule has 3 rings (SSSR count). The number of likely N-dealkylation sites (N-methyl/N-ethyl adjacent to an activating group) is 1. The van der Waals surface area contributed by atoms with Crippen molar-refractivity contribution in [2.45, 2.75) is 13.0 Å². The first kappa shape index (κ1) is 23.2. The molecule has 172 valence electrons. The van der Waals surface area contributed by atoms with Gasteiger partial charge in [0.05, 0.1) is 32.9 Å². The fourth-order valence-electron chi connectivity index (χ4n) is 3.72. The fourth-order valence-corrected chi connectivity index (χ4v) is 3.72. The molecule has 2 heterocycles. The topological polar surface area (TPSA) is 102 Å². The van der Waals surface area contributed by atoms with E-state index in [1.54, 1.807) is 25.1 Å². The summed E-state index contributed by atoms with van der Waals surface area (Å²) in [5.41, 5.74) is 0.472. The average molecular weight is 444 g/mol. The molecule has 0 saturated carbocycles. The molecule has 0 saturated heterocycles. The molecule has 9 heteroatoms. The van der Waals surface area contributed by atoms with Gasteiger partial charge in [0.25, 0.3) is 5.91 Å². The molecule has 1 aromatic carbocycles. The summed E-state index contributed by atoms with van der Waals surface area (Å²) in [6, 6.07) is 5.65. The Morgan fingerprint density at radius 3 is 2.22 bits per heavy atom. The summed E-state index contributed by atoms with van der Waals surface area (Å²) in [6.45, 7) is 2.53. The smallest absolute Gasteiger partial charge is 0.290 e. The Kier molecular flexibility index (Phi) is 6.78. The number of ether oxygens (including phenoxy) is 3. The highest BCUT2D eigenvalue weighted by molar-refractivity contribution is 6.15. The molecule has 1 aromatic heterocycles. The van der Waals surface area contributed by atoms with Crippen LogP contribution in [0.1, 0.15) is 27.9 Å². The van der Waals surface area contributed by atoms with Crippen LogP contribution in [0.2, 0.25) is 0 Å². The maximum atomic E-state index is 13.3. The van der Waals surface area contributed by atoms with Crippen LogP contribution in [0.15, 0.2) is 40.0 Å². The van der Waals surface area contributed by atoms with E-state index >= 15 is 0 Å². The van der Waals surface area contributed by atoms with E-state index in [-0.39, 0.29) is 17.9 Å². The number of methoxy groups -OCH3 is 3. The Morgan fingerprint density at radius 2 is 1.75 bits per heavy atom. The van der Waals surface area contributed by atoms with Gasteiger partial charge in [-0.05, 0) is 50.8 Å². The van der Waals surface area contributed by atoms with Crippen molar-refractivity contribution in [3.63, 3.8) is 0 Å². The number of nitrogens with zero attached hydrogens (tertiary/aromatic N) is 2. The number of ketones is 1.